The third-order valence-corrected chi connectivity index (χ3v) is 9.32. The van der Waals surface area contributed by atoms with Gasteiger partial charge in [-0.2, -0.15) is 0 Å². The number of alkyl halides is 1. The highest BCUT2D eigenvalue weighted by Crippen LogP contribution is 2.41. The lowest BCUT2D eigenvalue weighted by molar-refractivity contribution is -0.153. The number of nitrogens with zero attached hydrogens (tertiary/aromatic N) is 2. The molecule has 2 atom stereocenters. The lowest BCUT2D eigenvalue weighted by Crippen LogP contribution is -2.39. The van der Waals surface area contributed by atoms with E-state index < -0.39 is 47.0 Å². The number of nitrogens with two attached hydrogens (primary N) is 1. The molecule has 0 saturated heterocycles. The summed E-state index contributed by atoms with van der Waals surface area (Å²) in [5.41, 5.74) is 8.80. The van der Waals surface area contributed by atoms with E-state index in [4.69, 9.17) is 20.3 Å². The number of rotatable bonds is 12. The number of halogens is 1. The Balaban J connectivity index is 1.45. The molecule has 0 saturated carbocycles. The van der Waals surface area contributed by atoms with Crippen molar-refractivity contribution in [3.8, 4) is 0 Å². The first-order chi connectivity index (χ1) is 24.0. The number of amidine groups is 1. The van der Waals surface area contributed by atoms with Crippen molar-refractivity contribution >= 4 is 27.7 Å². The minimum absolute atomic E-state index is 0.105. The van der Waals surface area contributed by atoms with Crippen LogP contribution in [0.25, 0.3) is 0 Å². The number of esters is 1. The summed E-state index contributed by atoms with van der Waals surface area (Å²) >= 11 is 0. The average molecular weight is 673 g/mol. The maximum atomic E-state index is 13.9. The molecule has 2 unspecified atom stereocenters. The quantitative estimate of drug-likeness (QED) is 0.0650. The van der Waals surface area contributed by atoms with Crippen LogP contribution in [0.15, 0.2) is 172 Å². The first-order valence-corrected chi connectivity index (χ1v) is 16.7. The molecule has 5 aromatic carbocycles. The molecule has 1 heterocycles. The third-order valence-electron chi connectivity index (χ3n) is 7.98. The van der Waals surface area contributed by atoms with Gasteiger partial charge in [0.1, 0.15) is 5.54 Å². The van der Waals surface area contributed by atoms with Crippen LogP contribution in [0.1, 0.15) is 33.9 Å². The Hall–Kier alpha value is -5.71. The Bertz CT molecular complexity index is 1840. The fourth-order valence-corrected chi connectivity index (χ4v) is 7.05. The van der Waals surface area contributed by atoms with Crippen molar-refractivity contribution in [1.82, 2.24) is 5.32 Å². The number of aliphatic imine (C=N–C) groups is 1. The van der Waals surface area contributed by atoms with E-state index in [9.17, 15) is 14.0 Å². The molecular weight excluding hydrogens is 640 g/mol. The van der Waals surface area contributed by atoms with Gasteiger partial charge in [0.25, 0.3) is 0 Å². The molecule has 0 aromatic heterocycles. The molecule has 10 heteroatoms. The Morgan fingerprint density at radius 1 is 0.714 bits per heavy atom. The summed E-state index contributed by atoms with van der Waals surface area (Å²) in [6.45, 7) is -1.18. The number of nitrogens with one attached hydrogen (secondary N) is 1. The van der Waals surface area contributed by atoms with Gasteiger partial charge in [-0.25, -0.2) is 14.2 Å². The van der Waals surface area contributed by atoms with Crippen LogP contribution in [-0.4, -0.2) is 23.9 Å². The SMILES string of the molecule is NC(=O)C(C(=O)OC(c1ccccc1)c1ccccc1)C1=C/S(=N/OCF)C(=NC(c2ccccc2)(c2ccccc2)c2ccccc2)N1. The Morgan fingerprint density at radius 2 is 1.14 bits per heavy atom. The number of amides is 1. The topological polar surface area (TPSA) is 115 Å². The van der Waals surface area contributed by atoms with E-state index in [-0.39, 0.29) is 10.9 Å². The lowest BCUT2D eigenvalue weighted by atomic mass is 9.77. The van der Waals surface area contributed by atoms with Crippen LogP contribution in [0.2, 0.25) is 0 Å². The zero-order chi connectivity index (χ0) is 34.1. The van der Waals surface area contributed by atoms with Crippen molar-refractivity contribution in [3.63, 3.8) is 0 Å². The zero-order valence-corrected chi connectivity index (χ0v) is 27.1. The average Bonchev–Trinajstić information content (AvgIpc) is 3.54. The van der Waals surface area contributed by atoms with Crippen LogP contribution in [0.5, 0.6) is 0 Å². The number of benzene rings is 5. The molecule has 0 bridgehead atoms. The van der Waals surface area contributed by atoms with E-state index in [0.29, 0.717) is 11.1 Å². The van der Waals surface area contributed by atoms with Crippen LogP contribution < -0.4 is 11.1 Å². The molecular formula is C39H33FN4O4S. The Kier molecular flexibility index (Phi) is 10.5. The number of carbonyl (C=O) groups excluding carboxylic acids is 2. The molecule has 49 heavy (non-hydrogen) atoms. The van der Waals surface area contributed by atoms with Crippen LogP contribution in [0.3, 0.4) is 0 Å². The van der Waals surface area contributed by atoms with Crippen molar-refractivity contribution in [1.29, 1.82) is 0 Å². The van der Waals surface area contributed by atoms with Crippen molar-refractivity contribution < 1.29 is 23.6 Å². The lowest BCUT2D eigenvalue weighted by Gasteiger charge is -2.32. The molecule has 1 aliphatic rings. The Labute approximate surface area is 286 Å². The molecule has 1 amide bonds. The van der Waals surface area contributed by atoms with Crippen molar-refractivity contribution in [2.45, 2.75) is 11.6 Å². The zero-order valence-electron chi connectivity index (χ0n) is 26.3. The molecule has 0 fully saturated rings. The second kappa shape index (κ2) is 15.5. The molecule has 0 spiro atoms. The number of ether oxygens (including phenoxy) is 1. The van der Waals surface area contributed by atoms with Gasteiger partial charge in [0.05, 0.1) is 0 Å². The van der Waals surface area contributed by atoms with E-state index in [1.54, 1.807) is 0 Å². The normalized spacial score (nSPS) is 15.8. The van der Waals surface area contributed by atoms with Crippen molar-refractivity contribution in [2.24, 2.45) is 21.2 Å². The van der Waals surface area contributed by atoms with E-state index in [0.717, 1.165) is 16.7 Å². The van der Waals surface area contributed by atoms with E-state index in [2.05, 4.69) is 9.84 Å². The largest absolute Gasteiger partial charge is 0.452 e. The summed E-state index contributed by atoms with van der Waals surface area (Å²) in [6, 6.07) is 47.5. The molecule has 1 aliphatic heterocycles. The molecule has 6 rings (SSSR count). The van der Waals surface area contributed by atoms with Gasteiger partial charge in [0, 0.05) is 21.8 Å². The minimum atomic E-state index is -1.56. The smallest absolute Gasteiger partial charge is 0.325 e. The molecule has 0 aliphatic carbocycles. The summed E-state index contributed by atoms with van der Waals surface area (Å²) in [5.74, 6) is -3.38. The fraction of sp³-hybridized carbons (Fsp3) is 0.103. The van der Waals surface area contributed by atoms with Gasteiger partial charge >= 0.3 is 5.97 Å². The van der Waals surface area contributed by atoms with Crippen LogP contribution in [0, 0.1) is 5.92 Å². The maximum absolute atomic E-state index is 13.9. The molecule has 8 nitrogen and oxygen atoms in total. The van der Waals surface area contributed by atoms with Crippen molar-refractivity contribution in [2.75, 3.05) is 6.86 Å². The second-order valence-corrected chi connectivity index (χ2v) is 12.4. The number of hydrogen-bond donors (Lipinski definition) is 2. The highest BCUT2D eigenvalue weighted by molar-refractivity contribution is 8.05. The van der Waals surface area contributed by atoms with E-state index in [1.807, 2.05) is 152 Å². The fourth-order valence-electron chi connectivity index (χ4n) is 5.78. The van der Waals surface area contributed by atoms with Gasteiger partial charge in [-0.1, -0.05) is 156 Å². The maximum Gasteiger partial charge on any atom is 0.325 e. The molecule has 246 valence electrons. The number of hydrogen-bond acceptors (Lipinski definition) is 6. The van der Waals surface area contributed by atoms with Gasteiger partial charge in [-0.05, 0) is 27.8 Å². The summed E-state index contributed by atoms with van der Waals surface area (Å²) in [6.07, 6.45) is -0.813. The summed E-state index contributed by atoms with van der Waals surface area (Å²) < 4.78 is 23.5. The first-order valence-electron chi connectivity index (χ1n) is 15.5. The third kappa shape index (κ3) is 7.25. The van der Waals surface area contributed by atoms with E-state index >= 15 is 0 Å². The van der Waals surface area contributed by atoms with Crippen LogP contribution in [-0.2, 0) is 35.4 Å². The number of carbonyl (C=O) groups is 2. The molecule has 3 N–H and O–H groups in total. The monoisotopic (exact) mass is 672 g/mol. The van der Waals surface area contributed by atoms with E-state index in [1.165, 1.54) is 5.41 Å². The van der Waals surface area contributed by atoms with Crippen LogP contribution in [0.4, 0.5) is 4.39 Å². The summed E-state index contributed by atoms with van der Waals surface area (Å²) in [5, 5.41) is 4.90. The van der Waals surface area contributed by atoms with Gasteiger partial charge < -0.3 is 15.8 Å². The van der Waals surface area contributed by atoms with Crippen molar-refractivity contribution in [3.05, 3.63) is 191 Å². The van der Waals surface area contributed by atoms with Gasteiger partial charge in [0.15, 0.2) is 17.2 Å². The minimum Gasteiger partial charge on any atom is -0.452 e. The second-order valence-electron chi connectivity index (χ2n) is 11.0. The number of primary amides is 1. The summed E-state index contributed by atoms with van der Waals surface area (Å²) in [4.78, 5) is 37.2. The Morgan fingerprint density at radius 3 is 1.55 bits per heavy atom. The van der Waals surface area contributed by atoms with Gasteiger partial charge in [0.2, 0.25) is 12.8 Å². The van der Waals surface area contributed by atoms with Gasteiger partial charge in [-0.15, -0.1) is 0 Å². The highest BCUT2D eigenvalue weighted by Gasteiger charge is 2.41. The first kappa shape index (κ1) is 33.2. The predicted octanol–water partition coefficient (Wildman–Crippen LogP) is 6.87. The molecule has 5 aromatic rings. The highest BCUT2D eigenvalue weighted by atomic mass is 32.2. The molecule has 0 radical (unpaired) electrons. The summed E-state index contributed by atoms with van der Waals surface area (Å²) in [7, 11) is -1.38. The van der Waals surface area contributed by atoms with Gasteiger partial charge in [-0.3, -0.25) is 9.59 Å². The van der Waals surface area contributed by atoms with Crippen LogP contribution >= 0.6 is 0 Å². The standard InChI is InChI=1S/C39H33FN4O4S/c40-27-47-44-49-26-33(34(36(41)45)37(46)48-35(28-16-6-1-7-17-28)29-18-8-2-9-19-29)42-38(49)43-39(30-20-10-3-11-21-30,31-22-12-4-13-23-31)32-24-14-5-15-25-32/h1-26,34-35H,27H2,(H2,41,45)(H,42,43). The predicted molar refractivity (Wildman–Crippen MR) is 188 cm³/mol.